The van der Waals surface area contributed by atoms with Crippen molar-refractivity contribution in [2.24, 2.45) is 5.41 Å². The van der Waals surface area contributed by atoms with Crippen LogP contribution in [0, 0.1) is 5.41 Å². The van der Waals surface area contributed by atoms with Gasteiger partial charge in [0.1, 0.15) is 17.0 Å². The van der Waals surface area contributed by atoms with Crippen LogP contribution in [0.25, 0.3) is 0 Å². The predicted molar refractivity (Wildman–Crippen MR) is 112 cm³/mol. The van der Waals surface area contributed by atoms with E-state index in [1.54, 1.807) is 39.0 Å². The fourth-order valence-corrected chi connectivity index (χ4v) is 4.44. The van der Waals surface area contributed by atoms with E-state index >= 15 is 0 Å². The number of piperidine rings is 1. The Balaban J connectivity index is 2.29. The Kier molecular flexibility index (Phi) is 6.55. The van der Waals surface area contributed by atoms with Gasteiger partial charge in [-0.1, -0.05) is 12.1 Å². The summed E-state index contributed by atoms with van der Waals surface area (Å²) in [6.07, 6.45) is -0.229. The highest BCUT2D eigenvalue weighted by Gasteiger charge is 2.72. The van der Waals surface area contributed by atoms with Crippen molar-refractivity contribution in [2.45, 2.75) is 65.0 Å². The second kappa shape index (κ2) is 8.65. The second-order valence-corrected chi connectivity index (χ2v) is 8.72. The summed E-state index contributed by atoms with van der Waals surface area (Å²) in [6.45, 7) is 10.7. The van der Waals surface area contributed by atoms with Gasteiger partial charge < -0.3 is 24.3 Å². The highest BCUT2D eigenvalue weighted by atomic mass is 16.7. The number of ketones is 1. The lowest BCUT2D eigenvalue weighted by atomic mass is 9.61. The van der Waals surface area contributed by atoms with E-state index in [0.29, 0.717) is 37.2 Å². The zero-order valence-corrected chi connectivity index (χ0v) is 18.6. The van der Waals surface area contributed by atoms with Crippen LogP contribution in [0.4, 0.5) is 0 Å². The standard InChI is InChI=1S/C23H33NO6/c1-6-27-20(28-7-2)23(19(26)30-21(3,4)5)18(25)16-10-8-9-11-17(16)29-22(23)12-14-24-15-13-22/h8-11,20,24H,6-7,12-15H2,1-5H3. The lowest BCUT2D eigenvalue weighted by Gasteiger charge is -2.54. The third kappa shape index (κ3) is 3.74. The Morgan fingerprint density at radius 2 is 1.73 bits per heavy atom. The predicted octanol–water partition coefficient (Wildman–Crippen LogP) is 3.11. The number of ether oxygens (including phenoxy) is 4. The molecule has 7 heteroatoms. The Labute approximate surface area is 178 Å². The van der Waals surface area contributed by atoms with Crippen LogP contribution in [-0.4, -0.2) is 55.5 Å². The van der Waals surface area contributed by atoms with E-state index in [9.17, 15) is 9.59 Å². The molecule has 1 aromatic rings. The third-order valence-electron chi connectivity index (χ3n) is 5.64. The summed E-state index contributed by atoms with van der Waals surface area (Å²) in [4.78, 5) is 28.1. The minimum Gasteiger partial charge on any atom is -0.485 e. The Morgan fingerprint density at radius 1 is 1.13 bits per heavy atom. The van der Waals surface area contributed by atoms with Crippen molar-refractivity contribution < 1.29 is 28.5 Å². The molecule has 2 aliphatic rings. The van der Waals surface area contributed by atoms with E-state index in [1.165, 1.54) is 0 Å². The first-order valence-corrected chi connectivity index (χ1v) is 10.7. The van der Waals surface area contributed by atoms with E-state index in [4.69, 9.17) is 18.9 Å². The molecule has 1 spiro atoms. The topological polar surface area (TPSA) is 83.1 Å². The SMILES string of the molecule is CCOC(OCC)C1(C(=O)OC(C)(C)C)C(=O)c2ccccc2OC12CCNCC2. The van der Waals surface area contributed by atoms with Gasteiger partial charge in [0.05, 0.1) is 5.56 Å². The fourth-order valence-electron chi connectivity index (χ4n) is 4.44. The van der Waals surface area contributed by atoms with Crippen molar-refractivity contribution in [3.05, 3.63) is 29.8 Å². The lowest BCUT2D eigenvalue weighted by Crippen LogP contribution is -2.72. The van der Waals surface area contributed by atoms with Crippen molar-refractivity contribution in [1.82, 2.24) is 5.32 Å². The van der Waals surface area contributed by atoms with E-state index < -0.39 is 28.9 Å². The summed E-state index contributed by atoms with van der Waals surface area (Å²) in [7, 11) is 0. The maximum absolute atomic E-state index is 14.2. The molecule has 1 fully saturated rings. The molecule has 1 aromatic carbocycles. The Hall–Kier alpha value is -1.96. The molecule has 0 saturated carbocycles. The van der Waals surface area contributed by atoms with Gasteiger partial charge in [0, 0.05) is 26.1 Å². The summed E-state index contributed by atoms with van der Waals surface area (Å²) >= 11 is 0. The minimum atomic E-state index is -1.78. The lowest BCUT2D eigenvalue weighted by molar-refractivity contribution is -0.249. The molecule has 1 saturated heterocycles. The molecule has 1 unspecified atom stereocenters. The van der Waals surface area contributed by atoms with E-state index in [-0.39, 0.29) is 19.0 Å². The van der Waals surface area contributed by atoms with Gasteiger partial charge in [-0.3, -0.25) is 9.59 Å². The highest BCUT2D eigenvalue weighted by Crippen LogP contribution is 2.53. The summed E-state index contributed by atoms with van der Waals surface area (Å²) in [5, 5.41) is 3.30. The number of Topliss-reactive ketones (excluding diaryl/α,β-unsaturated/α-hetero) is 1. The molecule has 30 heavy (non-hydrogen) atoms. The molecule has 0 amide bonds. The average molecular weight is 420 g/mol. The number of fused-ring (bicyclic) bond motifs is 1. The number of carbonyl (C=O) groups excluding carboxylic acids is 2. The number of para-hydroxylation sites is 1. The summed E-state index contributed by atoms with van der Waals surface area (Å²) in [5.41, 5.74) is -3.36. The monoisotopic (exact) mass is 419 g/mol. The number of rotatable bonds is 6. The molecule has 3 rings (SSSR count). The molecule has 0 aliphatic carbocycles. The van der Waals surface area contributed by atoms with Crippen LogP contribution in [0.15, 0.2) is 24.3 Å². The Bertz CT molecular complexity index is 774. The first kappa shape index (κ1) is 22.7. The number of carbonyl (C=O) groups is 2. The van der Waals surface area contributed by atoms with Gasteiger partial charge >= 0.3 is 5.97 Å². The molecule has 2 heterocycles. The van der Waals surface area contributed by atoms with Gasteiger partial charge in [-0.2, -0.15) is 0 Å². The van der Waals surface area contributed by atoms with Crippen LogP contribution in [-0.2, 0) is 19.0 Å². The summed E-state index contributed by atoms with van der Waals surface area (Å²) in [6, 6.07) is 7.03. The first-order chi connectivity index (χ1) is 14.2. The van der Waals surface area contributed by atoms with Crippen LogP contribution in [0.3, 0.4) is 0 Å². The average Bonchev–Trinajstić information content (AvgIpc) is 2.68. The summed E-state index contributed by atoms with van der Waals surface area (Å²) in [5.74, 6) is -0.550. The zero-order chi connectivity index (χ0) is 22.0. The molecule has 1 atom stereocenters. The number of hydrogen-bond acceptors (Lipinski definition) is 7. The van der Waals surface area contributed by atoms with Crippen LogP contribution in [0.5, 0.6) is 5.75 Å². The maximum Gasteiger partial charge on any atom is 0.330 e. The second-order valence-electron chi connectivity index (χ2n) is 8.72. The van der Waals surface area contributed by atoms with Gasteiger partial charge in [-0.25, -0.2) is 0 Å². The van der Waals surface area contributed by atoms with Crippen molar-refractivity contribution in [3.8, 4) is 5.75 Å². The molecule has 7 nitrogen and oxygen atoms in total. The van der Waals surface area contributed by atoms with Crippen molar-refractivity contribution >= 4 is 11.8 Å². The molecule has 1 N–H and O–H groups in total. The molecular formula is C23H33NO6. The molecule has 0 aromatic heterocycles. The van der Waals surface area contributed by atoms with Crippen LogP contribution >= 0.6 is 0 Å². The Morgan fingerprint density at radius 3 is 2.30 bits per heavy atom. The largest absolute Gasteiger partial charge is 0.485 e. The molecule has 0 bridgehead atoms. The quantitative estimate of drug-likeness (QED) is 0.431. The number of benzene rings is 1. The maximum atomic E-state index is 14.2. The zero-order valence-electron chi connectivity index (χ0n) is 18.6. The number of esters is 1. The van der Waals surface area contributed by atoms with Crippen molar-refractivity contribution in [2.75, 3.05) is 26.3 Å². The smallest absolute Gasteiger partial charge is 0.330 e. The van der Waals surface area contributed by atoms with E-state index in [2.05, 4.69) is 5.32 Å². The number of nitrogens with one attached hydrogen (secondary N) is 1. The highest BCUT2D eigenvalue weighted by molar-refractivity contribution is 6.16. The van der Waals surface area contributed by atoms with Gasteiger partial charge in [-0.05, 0) is 59.8 Å². The third-order valence-corrected chi connectivity index (χ3v) is 5.64. The molecule has 166 valence electrons. The van der Waals surface area contributed by atoms with Gasteiger partial charge in [0.15, 0.2) is 12.1 Å². The van der Waals surface area contributed by atoms with Crippen LogP contribution < -0.4 is 10.1 Å². The van der Waals surface area contributed by atoms with Gasteiger partial charge in [0.2, 0.25) is 5.41 Å². The van der Waals surface area contributed by atoms with E-state index in [0.717, 1.165) is 0 Å². The van der Waals surface area contributed by atoms with Gasteiger partial charge in [0.25, 0.3) is 0 Å². The van der Waals surface area contributed by atoms with Crippen LogP contribution in [0.2, 0.25) is 0 Å². The number of hydrogen-bond donors (Lipinski definition) is 1. The first-order valence-electron chi connectivity index (χ1n) is 10.7. The molecule has 0 radical (unpaired) electrons. The fraction of sp³-hybridized carbons (Fsp3) is 0.652. The van der Waals surface area contributed by atoms with Crippen LogP contribution in [0.1, 0.15) is 57.8 Å². The van der Waals surface area contributed by atoms with Crippen molar-refractivity contribution in [1.29, 1.82) is 0 Å². The normalized spacial score (nSPS) is 23.2. The minimum absolute atomic E-state index is 0.276. The molecular weight excluding hydrogens is 386 g/mol. The molecule has 2 aliphatic heterocycles. The van der Waals surface area contributed by atoms with Gasteiger partial charge in [-0.15, -0.1) is 0 Å². The van der Waals surface area contributed by atoms with Crippen molar-refractivity contribution in [3.63, 3.8) is 0 Å². The summed E-state index contributed by atoms with van der Waals surface area (Å²) < 4.78 is 24.2. The van der Waals surface area contributed by atoms with E-state index in [1.807, 2.05) is 19.9 Å².